The van der Waals surface area contributed by atoms with Crippen LogP contribution in [-0.4, -0.2) is 13.7 Å². The SMILES string of the molecule is CCN(c1cccc(F)c1)c1cc(OC)ccc1CN. The van der Waals surface area contributed by atoms with Crippen molar-refractivity contribution in [2.45, 2.75) is 13.5 Å². The Hall–Kier alpha value is -2.07. The molecule has 0 spiro atoms. The van der Waals surface area contributed by atoms with Gasteiger partial charge in [0.1, 0.15) is 11.6 Å². The molecule has 0 aliphatic carbocycles. The van der Waals surface area contributed by atoms with Crippen LogP contribution in [0.2, 0.25) is 0 Å². The van der Waals surface area contributed by atoms with Gasteiger partial charge < -0.3 is 15.4 Å². The van der Waals surface area contributed by atoms with Gasteiger partial charge in [-0.3, -0.25) is 0 Å². The zero-order chi connectivity index (χ0) is 14.5. The number of nitrogens with two attached hydrogens (primary N) is 1. The normalized spacial score (nSPS) is 10.4. The van der Waals surface area contributed by atoms with Gasteiger partial charge >= 0.3 is 0 Å². The van der Waals surface area contributed by atoms with Crippen molar-refractivity contribution in [3.63, 3.8) is 0 Å². The van der Waals surface area contributed by atoms with E-state index in [9.17, 15) is 4.39 Å². The van der Waals surface area contributed by atoms with Gasteiger partial charge in [-0.25, -0.2) is 4.39 Å². The molecule has 0 radical (unpaired) electrons. The summed E-state index contributed by atoms with van der Waals surface area (Å²) in [5.41, 5.74) is 8.54. The number of methoxy groups -OCH3 is 1. The molecule has 0 aliphatic heterocycles. The number of benzene rings is 2. The van der Waals surface area contributed by atoms with Crippen LogP contribution in [0.15, 0.2) is 42.5 Å². The van der Waals surface area contributed by atoms with Gasteiger partial charge in [-0.2, -0.15) is 0 Å². The Bertz CT molecular complexity index is 586. The summed E-state index contributed by atoms with van der Waals surface area (Å²) in [7, 11) is 1.62. The first kappa shape index (κ1) is 14.3. The fourth-order valence-electron chi connectivity index (χ4n) is 2.23. The second kappa shape index (κ2) is 6.39. The summed E-state index contributed by atoms with van der Waals surface area (Å²) >= 11 is 0. The minimum Gasteiger partial charge on any atom is -0.497 e. The third kappa shape index (κ3) is 2.91. The molecule has 0 fully saturated rings. The summed E-state index contributed by atoms with van der Waals surface area (Å²) < 4.78 is 18.7. The van der Waals surface area contributed by atoms with Crippen molar-refractivity contribution < 1.29 is 9.13 Å². The summed E-state index contributed by atoms with van der Waals surface area (Å²) in [4.78, 5) is 2.02. The average molecular weight is 274 g/mol. The Kier molecular flexibility index (Phi) is 4.58. The van der Waals surface area contributed by atoms with Crippen LogP contribution >= 0.6 is 0 Å². The van der Waals surface area contributed by atoms with Crippen LogP contribution in [0, 0.1) is 5.82 Å². The van der Waals surface area contributed by atoms with Crippen molar-refractivity contribution >= 4 is 11.4 Å². The highest BCUT2D eigenvalue weighted by Gasteiger charge is 2.13. The van der Waals surface area contributed by atoms with Gasteiger partial charge in [0.15, 0.2) is 0 Å². The number of ether oxygens (including phenoxy) is 1. The zero-order valence-electron chi connectivity index (χ0n) is 11.8. The van der Waals surface area contributed by atoms with E-state index in [1.165, 1.54) is 12.1 Å². The third-order valence-corrected chi connectivity index (χ3v) is 3.24. The summed E-state index contributed by atoms with van der Waals surface area (Å²) in [5, 5.41) is 0. The van der Waals surface area contributed by atoms with Gasteiger partial charge in [-0.15, -0.1) is 0 Å². The molecule has 4 heteroatoms. The highest BCUT2D eigenvalue weighted by atomic mass is 19.1. The molecule has 0 heterocycles. The molecule has 0 bridgehead atoms. The van der Waals surface area contributed by atoms with Crippen LogP contribution in [0.25, 0.3) is 0 Å². The Morgan fingerprint density at radius 3 is 2.60 bits per heavy atom. The first-order chi connectivity index (χ1) is 9.69. The van der Waals surface area contributed by atoms with Crippen molar-refractivity contribution in [3.05, 3.63) is 53.8 Å². The lowest BCUT2D eigenvalue weighted by Crippen LogP contribution is -2.19. The van der Waals surface area contributed by atoms with E-state index in [0.29, 0.717) is 13.1 Å². The van der Waals surface area contributed by atoms with E-state index in [-0.39, 0.29) is 5.82 Å². The summed E-state index contributed by atoms with van der Waals surface area (Å²) in [5.74, 6) is 0.505. The lowest BCUT2D eigenvalue weighted by atomic mass is 10.1. The van der Waals surface area contributed by atoms with Crippen LogP contribution in [0.5, 0.6) is 5.75 Å². The van der Waals surface area contributed by atoms with Crippen LogP contribution in [0.4, 0.5) is 15.8 Å². The van der Waals surface area contributed by atoms with E-state index in [1.54, 1.807) is 13.2 Å². The van der Waals surface area contributed by atoms with E-state index in [2.05, 4.69) is 0 Å². The minimum atomic E-state index is -0.252. The quantitative estimate of drug-likeness (QED) is 0.907. The maximum absolute atomic E-state index is 13.4. The zero-order valence-corrected chi connectivity index (χ0v) is 11.8. The molecule has 0 amide bonds. The monoisotopic (exact) mass is 274 g/mol. The fourth-order valence-corrected chi connectivity index (χ4v) is 2.23. The highest BCUT2D eigenvalue weighted by molar-refractivity contribution is 5.68. The molecular formula is C16H19FN2O. The second-order valence-electron chi connectivity index (χ2n) is 4.42. The lowest BCUT2D eigenvalue weighted by Gasteiger charge is -2.26. The van der Waals surface area contributed by atoms with E-state index in [0.717, 1.165) is 22.7 Å². The van der Waals surface area contributed by atoms with Crippen molar-refractivity contribution in [1.29, 1.82) is 0 Å². The maximum atomic E-state index is 13.4. The maximum Gasteiger partial charge on any atom is 0.125 e. The van der Waals surface area contributed by atoms with Gasteiger partial charge in [0, 0.05) is 30.5 Å². The largest absolute Gasteiger partial charge is 0.497 e. The van der Waals surface area contributed by atoms with E-state index >= 15 is 0 Å². The molecule has 2 rings (SSSR count). The third-order valence-electron chi connectivity index (χ3n) is 3.24. The second-order valence-corrected chi connectivity index (χ2v) is 4.42. The minimum absolute atomic E-state index is 0.252. The Labute approximate surface area is 118 Å². The summed E-state index contributed by atoms with van der Waals surface area (Å²) in [6.07, 6.45) is 0. The molecule has 3 nitrogen and oxygen atoms in total. The Morgan fingerprint density at radius 2 is 2.00 bits per heavy atom. The van der Waals surface area contributed by atoms with Crippen molar-refractivity contribution in [1.82, 2.24) is 0 Å². The number of hydrogen-bond acceptors (Lipinski definition) is 3. The molecule has 0 atom stereocenters. The molecule has 2 aromatic carbocycles. The number of rotatable bonds is 5. The molecule has 0 aliphatic rings. The molecule has 0 aromatic heterocycles. The van der Waals surface area contributed by atoms with Crippen LogP contribution in [-0.2, 0) is 6.54 Å². The van der Waals surface area contributed by atoms with Crippen molar-refractivity contribution in [2.24, 2.45) is 5.73 Å². The smallest absolute Gasteiger partial charge is 0.125 e. The van der Waals surface area contributed by atoms with Gasteiger partial charge in [-0.1, -0.05) is 12.1 Å². The predicted octanol–water partition coefficient (Wildman–Crippen LogP) is 3.45. The van der Waals surface area contributed by atoms with Crippen LogP contribution < -0.4 is 15.4 Å². The first-order valence-electron chi connectivity index (χ1n) is 6.59. The van der Waals surface area contributed by atoms with Crippen LogP contribution in [0.1, 0.15) is 12.5 Å². The molecule has 0 saturated heterocycles. The summed E-state index contributed by atoms with van der Waals surface area (Å²) in [6, 6.07) is 12.3. The van der Waals surface area contributed by atoms with E-state index in [1.807, 2.05) is 36.1 Å². The van der Waals surface area contributed by atoms with Gasteiger partial charge in [0.05, 0.1) is 7.11 Å². The standard InChI is InChI=1S/C16H19FN2O/c1-3-19(14-6-4-5-13(17)9-14)16-10-15(20-2)8-7-12(16)11-18/h4-10H,3,11,18H2,1-2H3. The van der Waals surface area contributed by atoms with E-state index < -0.39 is 0 Å². The molecule has 20 heavy (non-hydrogen) atoms. The topological polar surface area (TPSA) is 38.5 Å². The van der Waals surface area contributed by atoms with Crippen LogP contribution in [0.3, 0.4) is 0 Å². The molecule has 2 aromatic rings. The number of hydrogen-bond donors (Lipinski definition) is 1. The van der Waals surface area contributed by atoms with Crippen molar-refractivity contribution in [2.75, 3.05) is 18.6 Å². The molecule has 2 N–H and O–H groups in total. The fraction of sp³-hybridized carbons (Fsp3) is 0.250. The number of anilines is 2. The molecular weight excluding hydrogens is 255 g/mol. The first-order valence-corrected chi connectivity index (χ1v) is 6.59. The van der Waals surface area contributed by atoms with Gasteiger partial charge in [-0.05, 0) is 36.8 Å². The van der Waals surface area contributed by atoms with Crippen molar-refractivity contribution in [3.8, 4) is 5.75 Å². The number of nitrogens with zero attached hydrogens (tertiary/aromatic N) is 1. The van der Waals surface area contributed by atoms with Gasteiger partial charge in [0.2, 0.25) is 0 Å². The highest BCUT2D eigenvalue weighted by Crippen LogP contribution is 2.31. The molecule has 0 saturated carbocycles. The lowest BCUT2D eigenvalue weighted by molar-refractivity contribution is 0.414. The predicted molar refractivity (Wildman–Crippen MR) is 80.0 cm³/mol. The molecule has 0 unspecified atom stereocenters. The Balaban J connectivity index is 2.50. The van der Waals surface area contributed by atoms with E-state index in [4.69, 9.17) is 10.5 Å². The van der Waals surface area contributed by atoms with Gasteiger partial charge in [0.25, 0.3) is 0 Å². The average Bonchev–Trinajstić information content (AvgIpc) is 2.48. The Morgan fingerprint density at radius 1 is 1.20 bits per heavy atom. The summed E-state index contributed by atoms with van der Waals surface area (Å²) in [6.45, 7) is 3.15. The molecule has 106 valence electrons. The number of halogens is 1.